The fourth-order valence-electron chi connectivity index (χ4n) is 3.78. The molecule has 8 nitrogen and oxygen atoms in total. The number of amides is 1. The zero-order valence-electron chi connectivity index (χ0n) is 17.3. The molecule has 1 saturated carbocycles. The van der Waals surface area contributed by atoms with Gasteiger partial charge in [-0.2, -0.15) is 5.10 Å². The molecule has 0 bridgehead atoms. The number of carbonyl (C=O) groups excluding carboxylic acids is 2. The fraction of sp³-hybridized carbons (Fsp3) is 0.273. The van der Waals surface area contributed by atoms with Crippen molar-refractivity contribution < 1.29 is 27.5 Å². The molecular weight excluding hydrogens is 458 g/mol. The summed E-state index contributed by atoms with van der Waals surface area (Å²) < 4.78 is 38.6. The van der Waals surface area contributed by atoms with Crippen LogP contribution < -0.4 is 5.32 Å². The Balaban J connectivity index is 1.38. The molecule has 3 heterocycles. The molecule has 5 rings (SSSR count). The number of halogens is 3. The standard InChI is InChI=1S/C22H17ClF2N4O4/c1-11-5-13-17(23)16(10-27-20(30)15-9-28-29-4-2-3-26-19(15)29)33-18(13)14(6-11)21(31)32-12-7-22(24,25)8-12/h2-6,9,12H,7-8,10H2,1H3,(H,27,30). The first-order valence-corrected chi connectivity index (χ1v) is 10.5. The van der Waals surface area contributed by atoms with Crippen LogP contribution in [0.4, 0.5) is 8.78 Å². The summed E-state index contributed by atoms with van der Waals surface area (Å²) in [4.78, 5) is 29.4. The highest BCUT2D eigenvalue weighted by molar-refractivity contribution is 6.36. The maximum absolute atomic E-state index is 13.1. The maximum atomic E-state index is 13.1. The number of nitrogens with one attached hydrogen (secondary N) is 1. The van der Waals surface area contributed by atoms with Crippen molar-refractivity contribution in [2.45, 2.75) is 38.3 Å². The van der Waals surface area contributed by atoms with Crippen LogP contribution in [0.1, 0.15) is 44.9 Å². The normalized spacial score (nSPS) is 15.5. The summed E-state index contributed by atoms with van der Waals surface area (Å²) in [5, 5.41) is 7.48. The van der Waals surface area contributed by atoms with E-state index in [1.165, 1.54) is 10.7 Å². The van der Waals surface area contributed by atoms with Crippen molar-refractivity contribution in [3.05, 3.63) is 64.3 Å². The van der Waals surface area contributed by atoms with Crippen molar-refractivity contribution in [2.75, 3.05) is 0 Å². The molecule has 1 aliphatic rings. The largest absolute Gasteiger partial charge is 0.458 e. The van der Waals surface area contributed by atoms with Crippen LogP contribution in [0.3, 0.4) is 0 Å². The molecular formula is C22H17ClF2N4O4. The lowest BCUT2D eigenvalue weighted by molar-refractivity contribution is -0.146. The zero-order chi connectivity index (χ0) is 23.3. The van der Waals surface area contributed by atoms with E-state index in [9.17, 15) is 18.4 Å². The highest BCUT2D eigenvalue weighted by Crippen LogP contribution is 2.40. The van der Waals surface area contributed by atoms with Crippen LogP contribution >= 0.6 is 11.6 Å². The van der Waals surface area contributed by atoms with Crippen molar-refractivity contribution in [1.82, 2.24) is 19.9 Å². The van der Waals surface area contributed by atoms with E-state index in [4.69, 9.17) is 20.8 Å². The van der Waals surface area contributed by atoms with Crippen LogP contribution in [0.15, 0.2) is 41.2 Å². The number of esters is 1. The summed E-state index contributed by atoms with van der Waals surface area (Å²) in [6.45, 7) is 1.70. The smallest absolute Gasteiger partial charge is 0.342 e. The van der Waals surface area contributed by atoms with Crippen LogP contribution in [0.5, 0.6) is 0 Å². The van der Waals surface area contributed by atoms with Gasteiger partial charge < -0.3 is 14.5 Å². The Bertz CT molecular complexity index is 1410. The summed E-state index contributed by atoms with van der Waals surface area (Å²) in [5.74, 6) is -3.76. The first-order chi connectivity index (χ1) is 15.7. The molecule has 3 aromatic heterocycles. The Morgan fingerprint density at radius 2 is 2.12 bits per heavy atom. The van der Waals surface area contributed by atoms with E-state index in [1.807, 2.05) is 0 Å². The van der Waals surface area contributed by atoms with E-state index in [1.54, 1.807) is 37.5 Å². The molecule has 1 aromatic carbocycles. The molecule has 0 spiro atoms. The predicted molar refractivity (Wildman–Crippen MR) is 114 cm³/mol. The summed E-state index contributed by atoms with van der Waals surface area (Å²) >= 11 is 6.47. The number of rotatable bonds is 5. The molecule has 4 aromatic rings. The van der Waals surface area contributed by atoms with Crippen LogP contribution in [0, 0.1) is 6.92 Å². The third-order valence-electron chi connectivity index (χ3n) is 5.42. The van der Waals surface area contributed by atoms with Gasteiger partial charge in [0.05, 0.1) is 17.8 Å². The number of aryl methyl sites for hydroxylation is 1. The number of alkyl halides is 2. The van der Waals surface area contributed by atoms with Gasteiger partial charge in [-0.3, -0.25) is 4.79 Å². The minimum absolute atomic E-state index is 0.0566. The topological polar surface area (TPSA) is 98.7 Å². The molecule has 33 heavy (non-hydrogen) atoms. The lowest BCUT2D eigenvalue weighted by Crippen LogP contribution is -2.42. The summed E-state index contributed by atoms with van der Waals surface area (Å²) in [7, 11) is 0. The van der Waals surface area contributed by atoms with Gasteiger partial charge in [-0.05, 0) is 30.7 Å². The van der Waals surface area contributed by atoms with Gasteiger partial charge >= 0.3 is 5.97 Å². The maximum Gasteiger partial charge on any atom is 0.342 e. The molecule has 170 valence electrons. The molecule has 1 fully saturated rings. The highest BCUT2D eigenvalue weighted by Gasteiger charge is 2.47. The van der Waals surface area contributed by atoms with Gasteiger partial charge in [0, 0.05) is 30.6 Å². The van der Waals surface area contributed by atoms with E-state index >= 15 is 0 Å². The molecule has 0 atom stereocenters. The van der Waals surface area contributed by atoms with Gasteiger partial charge in [0.1, 0.15) is 23.0 Å². The summed E-state index contributed by atoms with van der Waals surface area (Å²) in [6, 6.07) is 4.97. The average Bonchev–Trinajstić information content (AvgIpc) is 3.32. The Morgan fingerprint density at radius 1 is 1.33 bits per heavy atom. The number of fused-ring (bicyclic) bond motifs is 2. The Hall–Kier alpha value is -3.53. The molecule has 0 aliphatic heterocycles. The molecule has 11 heteroatoms. The highest BCUT2D eigenvalue weighted by atomic mass is 35.5. The van der Waals surface area contributed by atoms with Crippen LogP contribution in [0.2, 0.25) is 5.02 Å². The van der Waals surface area contributed by atoms with Crippen molar-refractivity contribution in [3.63, 3.8) is 0 Å². The Kier molecular flexibility index (Phi) is 5.04. The van der Waals surface area contributed by atoms with Gasteiger partial charge in [-0.1, -0.05) is 11.6 Å². The fourth-order valence-corrected chi connectivity index (χ4v) is 4.02. The monoisotopic (exact) mass is 474 g/mol. The first kappa shape index (κ1) is 21.3. The van der Waals surface area contributed by atoms with Crippen LogP contribution in [0.25, 0.3) is 16.6 Å². The van der Waals surface area contributed by atoms with E-state index in [2.05, 4.69) is 15.4 Å². The molecule has 0 unspecified atom stereocenters. The van der Waals surface area contributed by atoms with E-state index in [0.717, 1.165) is 0 Å². The molecule has 0 saturated heterocycles. The lowest BCUT2D eigenvalue weighted by atomic mass is 9.91. The SMILES string of the molecule is Cc1cc(C(=O)OC2CC(F)(F)C2)c2oc(CNC(=O)c3cnn4cccnc34)c(Cl)c2c1. The number of hydrogen-bond donors (Lipinski definition) is 1. The minimum atomic E-state index is -2.80. The van der Waals surface area contributed by atoms with E-state index < -0.39 is 36.7 Å². The zero-order valence-corrected chi connectivity index (χ0v) is 18.0. The van der Waals surface area contributed by atoms with Gasteiger partial charge in [-0.15, -0.1) is 0 Å². The van der Waals surface area contributed by atoms with Crippen molar-refractivity contribution in [2.24, 2.45) is 0 Å². The molecule has 1 amide bonds. The van der Waals surface area contributed by atoms with E-state index in [-0.39, 0.29) is 34.0 Å². The van der Waals surface area contributed by atoms with Crippen molar-refractivity contribution >= 4 is 40.1 Å². The third-order valence-corrected chi connectivity index (χ3v) is 5.83. The minimum Gasteiger partial charge on any atom is -0.458 e. The van der Waals surface area contributed by atoms with Crippen LogP contribution in [-0.2, 0) is 11.3 Å². The summed E-state index contributed by atoms with van der Waals surface area (Å²) in [6.07, 6.45) is 2.79. The van der Waals surface area contributed by atoms with Crippen molar-refractivity contribution in [1.29, 1.82) is 0 Å². The number of benzene rings is 1. The molecule has 1 aliphatic carbocycles. The predicted octanol–water partition coefficient (Wildman–Crippen LogP) is 4.32. The quantitative estimate of drug-likeness (QED) is 0.432. The van der Waals surface area contributed by atoms with Gasteiger partial charge in [-0.25, -0.2) is 23.1 Å². The van der Waals surface area contributed by atoms with Crippen LogP contribution in [-0.4, -0.2) is 38.5 Å². The Labute approximate surface area is 190 Å². The molecule has 1 N–H and O–H groups in total. The second kappa shape index (κ2) is 7.80. The number of furan rings is 1. The Morgan fingerprint density at radius 3 is 2.88 bits per heavy atom. The summed E-state index contributed by atoms with van der Waals surface area (Å²) in [5.41, 5.74) is 1.65. The van der Waals surface area contributed by atoms with Gasteiger partial charge in [0.25, 0.3) is 11.8 Å². The van der Waals surface area contributed by atoms with Gasteiger partial charge in [0.2, 0.25) is 0 Å². The number of carbonyl (C=O) groups is 2. The third kappa shape index (κ3) is 3.91. The molecule has 0 radical (unpaired) electrons. The number of nitrogens with zero attached hydrogens (tertiary/aromatic N) is 3. The van der Waals surface area contributed by atoms with Crippen molar-refractivity contribution in [3.8, 4) is 0 Å². The number of ether oxygens (including phenoxy) is 1. The second-order valence-corrected chi connectivity index (χ2v) is 8.33. The van der Waals surface area contributed by atoms with E-state index in [0.29, 0.717) is 16.6 Å². The second-order valence-electron chi connectivity index (χ2n) is 7.95. The average molecular weight is 475 g/mol. The number of aromatic nitrogens is 3. The lowest BCUT2D eigenvalue weighted by Gasteiger charge is -2.34. The van der Waals surface area contributed by atoms with Gasteiger partial charge in [0.15, 0.2) is 11.2 Å². The number of hydrogen-bond acceptors (Lipinski definition) is 6. The first-order valence-electron chi connectivity index (χ1n) is 10.1.